The van der Waals surface area contributed by atoms with Crippen molar-refractivity contribution >= 4 is 9.84 Å². The summed E-state index contributed by atoms with van der Waals surface area (Å²) in [6.07, 6.45) is 0.912. The van der Waals surface area contributed by atoms with E-state index in [0.29, 0.717) is 18.0 Å². The molecule has 114 valence electrons. The number of ether oxygens (including phenoxy) is 1. The summed E-state index contributed by atoms with van der Waals surface area (Å²) in [5.74, 6) is 0.00513. The van der Waals surface area contributed by atoms with E-state index >= 15 is 0 Å². The van der Waals surface area contributed by atoms with Crippen LogP contribution in [0.15, 0.2) is 29.2 Å². The van der Waals surface area contributed by atoms with E-state index in [2.05, 4.69) is 20.8 Å². The highest BCUT2D eigenvalue weighted by molar-refractivity contribution is 7.91. The van der Waals surface area contributed by atoms with Crippen molar-refractivity contribution in [2.24, 2.45) is 11.1 Å². The van der Waals surface area contributed by atoms with Crippen molar-refractivity contribution in [1.29, 1.82) is 0 Å². The molecule has 0 atom stereocenters. The Hall–Kier alpha value is -0.910. The quantitative estimate of drug-likeness (QED) is 0.785. The van der Waals surface area contributed by atoms with Crippen molar-refractivity contribution in [2.75, 3.05) is 19.0 Å². The first-order valence-corrected chi connectivity index (χ1v) is 8.49. The van der Waals surface area contributed by atoms with Gasteiger partial charge in [-0.25, -0.2) is 8.42 Å². The van der Waals surface area contributed by atoms with Gasteiger partial charge in [-0.15, -0.1) is 0 Å². The molecule has 0 aromatic heterocycles. The predicted octanol–water partition coefficient (Wildman–Crippen LogP) is 2.37. The van der Waals surface area contributed by atoms with E-state index in [1.165, 1.54) is 0 Å². The second kappa shape index (κ2) is 7.20. The van der Waals surface area contributed by atoms with Crippen LogP contribution in [0.1, 0.15) is 32.8 Å². The van der Waals surface area contributed by atoms with Crippen LogP contribution < -0.4 is 5.73 Å². The summed E-state index contributed by atoms with van der Waals surface area (Å²) < 4.78 is 29.7. The molecule has 0 bridgehead atoms. The molecule has 0 saturated carbocycles. The highest BCUT2D eigenvalue weighted by atomic mass is 32.2. The van der Waals surface area contributed by atoms with E-state index in [1.807, 2.05) is 6.07 Å². The second-order valence-corrected chi connectivity index (χ2v) is 8.20. The topological polar surface area (TPSA) is 69.4 Å². The largest absolute Gasteiger partial charge is 0.380 e. The summed E-state index contributed by atoms with van der Waals surface area (Å²) in [4.78, 5) is 0.319. The number of rotatable bonds is 7. The molecule has 0 spiro atoms. The first kappa shape index (κ1) is 17.1. The van der Waals surface area contributed by atoms with Gasteiger partial charge in [-0.1, -0.05) is 32.9 Å². The third-order valence-electron chi connectivity index (χ3n) is 2.99. The number of benzene rings is 1. The number of hydrogen-bond donors (Lipinski definition) is 1. The third-order valence-corrected chi connectivity index (χ3v) is 4.66. The predicted molar refractivity (Wildman–Crippen MR) is 81.3 cm³/mol. The van der Waals surface area contributed by atoms with E-state index in [0.717, 1.165) is 12.0 Å². The van der Waals surface area contributed by atoms with Crippen LogP contribution in [0.25, 0.3) is 0 Å². The Kier molecular flexibility index (Phi) is 6.17. The van der Waals surface area contributed by atoms with Gasteiger partial charge >= 0.3 is 0 Å². The lowest BCUT2D eigenvalue weighted by molar-refractivity contribution is 0.120. The molecule has 0 fully saturated rings. The Balaban J connectivity index is 2.49. The molecule has 0 radical (unpaired) electrons. The zero-order chi connectivity index (χ0) is 15.2. The lowest BCUT2D eigenvalue weighted by Crippen LogP contribution is -2.15. The van der Waals surface area contributed by atoms with Crippen LogP contribution in [-0.2, 0) is 21.1 Å². The number of sulfone groups is 1. The van der Waals surface area contributed by atoms with Crippen molar-refractivity contribution in [2.45, 2.75) is 38.6 Å². The molecule has 0 amide bonds. The van der Waals surface area contributed by atoms with Crippen molar-refractivity contribution in [3.63, 3.8) is 0 Å². The van der Waals surface area contributed by atoms with Crippen molar-refractivity contribution < 1.29 is 13.2 Å². The molecule has 0 aliphatic carbocycles. The van der Waals surface area contributed by atoms with Crippen LogP contribution in [0.4, 0.5) is 0 Å². The molecule has 1 rings (SSSR count). The summed E-state index contributed by atoms with van der Waals surface area (Å²) in [5.41, 5.74) is 6.54. The Morgan fingerprint density at radius 3 is 2.50 bits per heavy atom. The number of nitrogens with two attached hydrogens (primary N) is 1. The molecule has 0 heterocycles. The minimum atomic E-state index is -3.29. The molecule has 1 aromatic rings. The molecule has 1 aromatic carbocycles. The maximum absolute atomic E-state index is 12.1. The van der Waals surface area contributed by atoms with Crippen LogP contribution in [0.5, 0.6) is 0 Å². The van der Waals surface area contributed by atoms with Gasteiger partial charge in [0.15, 0.2) is 9.84 Å². The zero-order valence-corrected chi connectivity index (χ0v) is 13.4. The second-order valence-electron chi connectivity index (χ2n) is 6.09. The SMILES string of the molecule is CC(C)(C)CCOCCS(=O)(=O)c1cccc(CN)c1. The molecule has 0 saturated heterocycles. The van der Waals surface area contributed by atoms with E-state index < -0.39 is 9.84 Å². The summed E-state index contributed by atoms with van der Waals surface area (Å²) in [7, 11) is -3.29. The molecule has 0 aliphatic rings. The Morgan fingerprint density at radius 1 is 1.20 bits per heavy atom. The van der Waals surface area contributed by atoms with Gasteiger partial charge in [-0.3, -0.25) is 0 Å². The molecule has 0 aliphatic heterocycles. The van der Waals surface area contributed by atoms with Gasteiger partial charge in [0.1, 0.15) is 0 Å². The average Bonchev–Trinajstić information content (AvgIpc) is 2.37. The fourth-order valence-electron chi connectivity index (χ4n) is 1.63. The van der Waals surface area contributed by atoms with Gasteiger partial charge in [0.2, 0.25) is 0 Å². The van der Waals surface area contributed by atoms with Gasteiger partial charge < -0.3 is 10.5 Å². The van der Waals surface area contributed by atoms with Crippen LogP contribution in [0.3, 0.4) is 0 Å². The van der Waals surface area contributed by atoms with Crippen molar-refractivity contribution in [3.8, 4) is 0 Å². The average molecular weight is 299 g/mol. The Morgan fingerprint density at radius 2 is 1.90 bits per heavy atom. The molecule has 5 heteroatoms. The molecule has 4 nitrogen and oxygen atoms in total. The lowest BCUT2D eigenvalue weighted by Gasteiger charge is -2.17. The summed E-state index contributed by atoms with van der Waals surface area (Å²) in [6.45, 7) is 7.54. The van der Waals surface area contributed by atoms with Gasteiger partial charge in [0, 0.05) is 13.2 Å². The van der Waals surface area contributed by atoms with Gasteiger partial charge in [0.05, 0.1) is 17.3 Å². The van der Waals surface area contributed by atoms with Crippen LogP contribution in [0, 0.1) is 5.41 Å². The maximum atomic E-state index is 12.1. The van der Waals surface area contributed by atoms with Crippen LogP contribution >= 0.6 is 0 Å². The molecular formula is C15H25NO3S. The number of hydrogen-bond acceptors (Lipinski definition) is 4. The standard InChI is InChI=1S/C15H25NO3S/c1-15(2,3)7-8-19-9-10-20(17,18)14-6-4-5-13(11-14)12-16/h4-6,11H,7-10,12,16H2,1-3H3. The van der Waals surface area contributed by atoms with Crippen molar-refractivity contribution in [1.82, 2.24) is 0 Å². The van der Waals surface area contributed by atoms with Gasteiger partial charge in [-0.05, 0) is 29.5 Å². The first-order chi connectivity index (χ1) is 9.24. The lowest BCUT2D eigenvalue weighted by atomic mass is 9.93. The van der Waals surface area contributed by atoms with E-state index in [9.17, 15) is 8.42 Å². The van der Waals surface area contributed by atoms with Gasteiger partial charge in [-0.2, -0.15) is 0 Å². The first-order valence-electron chi connectivity index (χ1n) is 6.84. The highest BCUT2D eigenvalue weighted by Gasteiger charge is 2.15. The highest BCUT2D eigenvalue weighted by Crippen LogP contribution is 2.18. The van der Waals surface area contributed by atoms with Gasteiger partial charge in [0.25, 0.3) is 0 Å². The molecule has 0 unspecified atom stereocenters. The van der Waals surface area contributed by atoms with Crippen LogP contribution in [-0.4, -0.2) is 27.4 Å². The zero-order valence-electron chi connectivity index (χ0n) is 12.6. The Bertz CT molecular complexity index is 518. The van der Waals surface area contributed by atoms with E-state index in [4.69, 9.17) is 10.5 Å². The van der Waals surface area contributed by atoms with E-state index in [1.54, 1.807) is 18.2 Å². The monoisotopic (exact) mass is 299 g/mol. The summed E-state index contributed by atoms with van der Waals surface area (Å²) in [5, 5.41) is 0. The smallest absolute Gasteiger partial charge is 0.180 e. The minimum absolute atomic E-state index is 0.00513. The van der Waals surface area contributed by atoms with E-state index in [-0.39, 0.29) is 17.8 Å². The summed E-state index contributed by atoms with van der Waals surface area (Å²) in [6, 6.07) is 6.77. The summed E-state index contributed by atoms with van der Waals surface area (Å²) >= 11 is 0. The fourth-order valence-corrected chi connectivity index (χ4v) is 2.82. The fraction of sp³-hybridized carbons (Fsp3) is 0.600. The molecular weight excluding hydrogens is 274 g/mol. The van der Waals surface area contributed by atoms with Crippen molar-refractivity contribution in [3.05, 3.63) is 29.8 Å². The molecule has 2 N–H and O–H groups in total. The van der Waals surface area contributed by atoms with Crippen LogP contribution in [0.2, 0.25) is 0 Å². The Labute approximate surface area is 122 Å². The normalized spacial score (nSPS) is 12.6. The minimum Gasteiger partial charge on any atom is -0.380 e. The third kappa shape index (κ3) is 6.03. The molecule has 20 heavy (non-hydrogen) atoms. The maximum Gasteiger partial charge on any atom is 0.180 e.